The van der Waals surface area contributed by atoms with Crippen molar-refractivity contribution in [1.82, 2.24) is 4.57 Å². The molecule has 2 rings (SSSR count). The molecule has 0 aliphatic heterocycles. The van der Waals surface area contributed by atoms with Crippen LogP contribution >= 0.6 is 0 Å². The number of aromatic nitrogens is 1. The predicted molar refractivity (Wildman–Crippen MR) is 66.0 cm³/mol. The van der Waals surface area contributed by atoms with Crippen molar-refractivity contribution in [2.75, 3.05) is 5.32 Å². The van der Waals surface area contributed by atoms with Crippen LogP contribution in [-0.2, 0) is 7.05 Å². The number of hydrogen-bond acceptors (Lipinski definition) is 2. The van der Waals surface area contributed by atoms with E-state index in [1.165, 1.54) is 41.1 Å². The number of nitrogens with one attached hydrogen (secondary N) is 1. The first kappa shape index (κ1) is 12.0. The Labute approximate surface area is 103 Å². The molecule has 18 heavy (non-hydrogen) atoms. The molecule has 1 heterocycles. The largest absolute Gasteiger partial charge is 0.321 e. The molecule has 0 atom stereocenters. The van der Waals surface area contributed by atoms with E-state index in [9.17, 15) is 14.0 Å². The van der Waals surface area contributed by atoms with Gasteiger partial charge in [0.1, 0.15) is 5.82 Å². The van der Waals surface area contributed by atoms with Crippen LogP contribution in [0, 0.1) is 5.82 Å². The van der Waals surface area contributed by atoms with Crippen molar-refractivity contribution in [3.05, 3.63) is 64.3 Å². The van der Waals surface area contributed by atoms with E-state index in [1.807, 2.05) is 0 Å². The predicted octanol–water partition coefficient (Wildman–Crippen LogP) is 1.78. The zero-order chi connectivity index (χ0) is 13.1. The number of halogens is 1. The molecule has 0 saturated carbocycles. The van der Waals surface area contributed by atoms with E-state index >= 15 is 0 Å². The molecule has 2 aromatic rings. The Hall–Kier alpha value is -2.43. The topological polar surface area (TPSA) is 51.1 Å². The number of carbonyl (C=O) groups is 1. The fourth-order valence-electron chi connectivity index (χ4n) is 1.51. The summed E-state index contributed by atoms with van der Waals surface area (Å²) in [6, 6.07) is 8.51. The molecular weight excluding hydrogens is 235 g/mol. The van der Waals surface area contributed by atoms with Crippen LogP contribution in [0.5, 0.6) is 0 Å². The van der Waals surface area contributed by atoms with Gasteiger partial charge in [-0.15, -0.1) is 0 Å². The summed E-state index contributed by atoms with van der Waals surface area (Å²) < 4.78 is 14.7. The Morgan fingerprint density at radius 1 is 1.22 bits per heavy atom. The maximum absolute atomic E-state index is 13.4. The molecule has 1 aromatic carbocycles. The Balaban J connectivity index is 2.24. The summed E-state index contributed by atoms with van der Waals surface area (Å²) in [6.45, 7) is 0. The lowest BCUT2D eigenvalue weighted by Crippen LogP contribution is -2.18. The summed E-state index contributed by atoms with van der Waals surface area (Å²) in [6.07, 6.45) is 1.47. The molecule has 0 aliphatic carbocycles. The second kappa shape index (κ2) is 4.83. The second-order valence-electron chi connectivity index (χ2n) is 3.80. The maximum atomic E-state index is 13.4. The fraction of sp³-hybridized carbons (Fsp3) is 0.0769. The molecule has 0 fully saturated rings. The summed E-state index contributed by atoms with van der Waals surface area (Å²) in [4.78, 5) is 23.0. The lowest BCUT2D eigenvalue weighted by Gasteiger charge is -2.07. The average molecular weight is 246 g/mol. The van der Waals surface area contributed by atoms with E-state index in [4.69, 9.17) is 0 Å². The normalized spacial score (nSPS) is 10.1. The van der Waals surface area contributed by atoms with Gasteiger partial charge >= 0.3 is 0 Å². The number of amides is 1. The van der Waals surface area contributed by atoms with Gasteiger partial charge in [0, 0.05) is 19.3 Å². The molecule has 4 nitrogen and oxygen atoms in total. The lowest BCUT2D eigenvalue weighted by atomic mass is 10.2. The molecule has 1 amide bonds. The summed E-state index contributed by atoms with van der Waals surface area (Å²) in [5.41, 5.74) is 0.218. The van der Waals surface area contributed by atoms with E-state index in [1.54, 1.807) is 13.1 Å². The highest BCUT2D eigenvalue weighted by Crippen LogP contribution is 2.10. The summed E-state index contributed by atoms with van der Waals surface area (Å²) in [5, 5.41) is 2.53. The van der Waals surface area contributed by atoms with Crippen molar-refractivity contribution < 1.29 is 9.18 Å². The van der Waals surface area contributed by atoms with Crippen molar-refractivity contribution in [3.63, 3.8) is 0 Å². The van der Waals surface area contributed by atoms with Crippen LogP contribution in [-0.4, -0.2) is 10.5 Å². The third-order valence-electron chi connectivity index (χ3n) is 2.46. The number of benzene rings is 1. The van der Waals surface area contributed by atoms with Crippen molar-refractivity contribution in [2.45, 2.75) is 0 Å². The Kier molecular flexibility index (Phi) is 3.23. The minimum absolute atomic E-state index is 0.0358. The van der Waals surface area contributed by atoms with Gasteiger partial charge in [0.15, 0.2) is 0 Å². The van der Waals surface area contributed by atoms with Crippen LogP contribution in [0.25, 0.3) is 0 Å². The van der Waals surface area contributed by atoms with Gasteiger partial charge in [0.2, 0.25) is 5.56 Å². The molecule has 1 N–H and O–H groups in total. The number of aryl methyl sites for hydroxylation is 1. The standard InChI is InChI=1S/C13H11FN2O2/c1-16-8-9(6-7-12(16)17)15-13(18)10-4-2-3-5-11(10)14/h2-8H,1H3,(H,15,18). The van der Waals surface area contributed by atoms with Crippen LogP contribution in [0.2, 0.25) is 0 Å². The van der Waals surface area contributed by atoms with E-state index in [0.717, 1.165) is 0 Å². The van der Waals surface area contributed by atoms with Gasteiger partial charge in [-0.05, 0) is 18.2 Å². The Morgan fingerprint density at radius 2 is 1.94 bits per heavy atom. The second-order valence-corrected chi connectivity index (χ2v) is 3.80. The van der Waals surface area contributed by atoms with Gasteiger partial charge in [0.25, 0.3) is 5.91 Å². The van der Waals surface area contributed by atoms with Gasteiger partial charge in [-0.1, -0.05) is 12.1 Å². The van der Waals surface area contributed by atoms with Crippen LogP contribution < -0.4 is 10.9 Å². The minimum Gasteiger partial charge on any atom is -0.321 e. The molecule has 0 aliphatic rings. The van der Waals surface area contributed by atoms with Crippen molar-refractivity contribution >= 4 is 11.6 Å². The summed E-state index contributed by atoms with van der Waals surface area (Å²) in [7, 11) is 1.57. The molecule has 1 aromatic heterocycles. The molecule has 0 spiro atoms. The first-order valence-electron chi connectivity index (χ1n) is 5.30. The number of hydrogen-bond donors (Lipinski definition) is 1. The van der Waals surface area contributed by atoms with Crippen LogP contribution in [0.1, 0.15) is 10.4 Å². The van der Waals surface area contributed by atoms with E-state index in [-0.39, 0.29) is 11.1 Å². The smallest absolute Gasteiger partial charge is 0.258 e. The van der Waals surface area contributed by atoms with Crippen molar-refractivity contribution in [2.24, 2.45) is 7.05 Å². The third-order valence-corrected chi connectivity index (χ3v) is 2.46. The highest BCUT2D eigenvalue weighted by Gasteiger charge is 2.10. The molecule has 0 bridgehead atoms. The fourth-order valence-corrected chi connectivity index (χ4v) is 1.51. The Morgan fingerprint density at radius 3 is 2.61 bits per heavy atom. The first-order valence-corrected chi connectivity index (χ1v) is 5.30. The summed E-state index contributed by atoms with van der Waals surface area (Å²) in [5.74, 6) is -1.13. The van der Waals surface area contributed by atoms with E-state index in [2.05, 4.69) is 5.32 Å². The SMILES string of the molecule is Cn1cc(NC(=O)c2ccccc2F)ccc1=O. The average Bonchev–Trinajstić information content (AvgIpc) is 2.34. The molecule has 0 unspecified atom stereocenters. The van der Waals surface area contributed by atoms with Gasteiger partial charge in [0.05, 0.1) is 11.3 Å². The maximum Gasteiger partial charge on any atom is 0.258 e. The molecule has 5 heteroatoms. The van der Waals surface area contributed by atoms with Gasteiger partial charge in [-0.2, -0.15) is 0 Å². The highest BCUT2D eigenvalue weighted by molar-refractivity contribution is 6.04. The van der Waals surface area contributed by atoms with Crippen molar-refractivity contribution in [3.8, 4) is 0 Å². The Bertz CT molecular complexity index is 649. The zero-order valence-electron chi connectivity index (χ0n) is 9.68. The lowest BCUT2D eigenvalue weighted by molar-refractivity contribution is 0.102. The van der Waals surface area contributed by atoms with Gasteiger partial charge in [-0.3, -0.25) is 9.59 Å². The van der Waals surface area contributed by atoms with Crippen LogP contribution in [0.15, 0.2) is 47.4 Å². The van der Waals surface area contributed by atoms with Gasteiger partial charge < -0.3 is 9.88 Å². The molecular formula is C13H11FN2O2. The number of pyridine rings is 1. The number of rotatable bonds is 2. The quantitative estimate of drug-likeness (QED) is 0.878. The van der Waals surface area contributed by atoms with Gasteiger partial charge in [-0.25, -0.2) is 4.39 Å². The monoisotopic (exact) mass is 246 g/mol. The molecule has 92 valence electrons. The number of anilines is 1. The number of carbonyl (C=O) groups excluding carboxylic acids is 1. The first-order chi connectivity index (χ1) is 8.58. The molecule has 0 radical (unpaired) electrons. The minimum atomic E-state index is -0.583. The third kappa shape index (κ3) is 2.45. The number of nitrogens with zero attached hydrogens (tertiary/aromatic N) is 1. The molecule has 0 saturated heterocycles. The highest BCUT2D eigenvalue weighted by atomic mass is 19.1. The van der Waals surface area contributed by atoms with Crippen LogP contribution in [0.4, 0.5) is 10.1 Å². The van der Waals surface area contributed by atoms with Crippen molar-refractivity contribution in [1.29, 1.82) is 0 Å². The summed E-state index contributed by atoms with van der Waals surface area (Å²) >= 11 is 0. The van der Waals surface area contributed by atoms with E-state index < -0.39 is 11.7 Å². The van der Waals surface area contributed by atoms with E-state index in [0.29, 0.717) is 5.69 Å². The zero-order valence-corrected chi connectivity index (χ0v) is 9.68. The van der Waals surface area contributed by atoms with Crippen LogP contribution in [0.3, 0.4) is 0 Å².